The van der Waals surface area contributed by atoms with Crippen molar-refractivity contribution < 1.29 is 18.3 Å². The van der Waals surface area contributed by atoms with Gasteiger partial charge in [0.15, 0.2) is 0 Å². The Morgan fingerprint density at radius 2 is 1.71 bits per heavy atom. The van der Waals surface area contributed by atoms with Crippen LogP contribution in [0.2, 0.25) is 0 Å². The molecular formula is C23H27F2N7O2. The summed E-state index contributed by atoms with van der Waals surface area (Å²) in [6.07, 6.45) is 1.05. The van der Waals surface area contributed by atoms with Crippen LogP contribution in [0, 0.1) is 18.6 Å². The normalized spacial score (nSPS) is 14.3. The van der Waals surface area contributed by atoms with Crippen molar-refractivity contribution in [3.05, 3.63) is 53.9 Å². The number of piperazine rings is 1. The van der Waals surface area contributed by atoms with Gasteiger partial charge >= 0.3 is 6.09 Å². The summed E-state index contributed by atoms with van der Waals surface area (Å²) in [6, 6.07) is 6.95. The molecule has 180 valence electrons. The quantitative estimate of drug-likeness (QED) is 0.614. The Bertz CT molecular complexity index is 1160. The lowest BCUT2D eigenvalue weighted by Crippen LogP contribution is -2.50. The van der Waals surface area contributed by atoms with Crippen molar-refractivity contribution in [1.29, 1.82) is 0 Å². The molecule has 0 aliphatic carbocycles. The first-order valence-electron chi connectivity index (χ1n) is 10.9. The molecule has 1 fully saturated rings. The van der Waals surface area contributed by atoms with Crippen molar-refractivity contribution in [3.8, 4) is 5.69 Å². The Labute approximate surface area is 196 Å². The van der Waals surface area contributed by atoms with Crippen LogP contribution in [0.25, 0.3) is 5.69 Å². The third-order valence-corrected chi connectivity index (χ3v) is 5.06. The molecule has 0 unspecified atom stereocenters. The zero-order valence-electron chi connectivity index (χ0n) is 19.5. The SMILES string of the molecule is Cc1cc(Nc2ncn(-c3cc(F)cc(F)c3)n2)nc(N2CCN(C(=O)OC(C)(C)C)CC2)c1. The third-order valence-electron chi connectivity index (χ3n) is 5.06. The number of nitrogens with zero attached hydrogens (tertiary/aromatic N) is 6. The topological polar surface area (TPSA) is 88.4 Å². The smallest absolute Gasteiger partial charge is 0.410 e. The standard InChI is InChI=1S/C23H27F2N7O2/c1-15-9-19(28-21-26-14-32(29-21)18-12-16(24)11-17(25)13-18)27-20(10-15)30-5-7-31(8-6-30)22(33)34-23(2,3)4/h9-14H,5-8H2,1-4H3,(H,27,28,29). The van der Waals surface area contributed by atoms with E-state index in [0.717, 1.165) is 17.4 Å². The van der Waals surface area contributed by atoms with Crippen LogP contribution >= 0.6 is 0 Å². The number of rotatable bonds is 4. The minimum atomic E-state index is -0.697. The lowest BCUT2D eigenvalue weighted by atomic mass is 10.2. The molecule has 0 radical (unpaired) electrons. The average Bonchev–Trinajstić information content (AvgIpc) is 3.20. The Morgan fingerprint density at radius 3 is 2.35 bits per heavy atom. The zero-order valence-corrected chi connectivity index (χ0v) is 19.5. The maximum atomic E-state index is 13.5. The molecule has 0 bridgehead atoms. The minimum Gasteiger partial charge on any atom is -0.444 e. The summed E-state index contributed by atoms with van der Waals surface area (Å²) in [5.74, 6) is 0.141. The number of aryl methyl sites for hydroxylation is 1. The molecule has 0 saturated carbocycles. The number of hydrogen-bond donors (Lipinski definition) is 1. The molecule has 1 N–H and O–H groups in total. The number of carbonyl (C=O) groups is 1. The van der Waals surface area contributed by atoms with Crippen LogP contribution in [0.1, 0.15) is 26.3 Å². The summed E-state index contributed by atoms with van der Waals surface area (Å²) in [7, 11) is 0. The lowest BCUT2D eigenvalue weighted by Gasteiger charge is -2.36. The van der Waals surface area contributed by atoms with Crippen molar-refractivity contribution in [1.82, 2.24) is 24.6 Å². The molecule has 1 aliphatic heterocycles. The molecule has 34 heavy (non-hydrogen) atoms. The highest BCUT2D eigenvalue weighted by Crippen LogP contribution is 2.22. The van der Waals surface area contributed by atoms with Crippen LogP contribution in [0.15, 0.2) is 36.7 Å². The van der Waals surface area contributed by atoms with E-state index in [9.17, 15) is 13.6 Å². The molecule has 3 aromatic rings. The van der Waals surface area contributed by atoms with Gasteiger partial charge in [0, 0.05) is 32.2 Å². The summed E-state index contributed by atoms with van der Waals surface area (Å²) in [4.78, 5) is 24.9. The highest BCUT2D eigenvalue weighted by atomic mass is 19.1. The number of halogens is 2. The van der Waals surface area contributed by atoms with Gasteiger partial charge in [0.1, 0.15) is 35.2 Å². The average molecular weight is 472 g/mol. The highest BCUT2D eigenvalue weighted by Gasteiger charge is 2.26. The van der Waals surface area contributed by atoms with Crippen molar-refractivity contribution in [2.75, 3.05) is 36.4 Å². The summed E-state index contributed by atoms with van der Waals surface area (Å²) >= 11 is 0. The molecular weight excluding hydrogens is 444 g/mol. The van der Waals surface area contributed by atoms with Crippen LogP contribution in [0.3, 0.4) is 0 Å². The van der Waals surface area contributed by atoms with E-state index in [4.69, 9.17) is 4.74 Å². The molecule has 1 aliphatic rings. The molecule has 3 heterocycles. The van der Waals surface area contributed by atoms with Gasteiger partial charge < -0.3 is 19.9 Å². The largest absolute Gasteiger partial charge is 0.444 e. The number of pyridine rings is 1. The van der Waals surface area contributed by atoms with Gasteiger partial charge in [-0.3, -0.25) is 0 Å². The van der Waals surface area contributed by atoms with E-state index < -0.39 is 17.2 Å². The summed E-state index contributed by atoms with van der Waals surface area (Å²) in [5, 5.41) is 7.28. The van der Waals surface area contributed by atoms with E-state index in [2.05, 4.69) is 25.3 Å². The number of hydrogen-bond acceptors (Lipinski definition) is 7. The van der Waals surface area contributed by atoms with E-state index in [1.54, 1.807) is 4.90 Å². The van der Waals surface area contributed by atoms with E-state index in [-0.39, 0.29) is 17.7 Å². The van der Waals surface area contributed by atoms with E-state index in [1.165, 1.54) is 23.1 Å². The Morgan fingerprint density at radius 1 is 1.03 bits per heavy atom. The molecule has 1 saturated heterocycles. The summed E-state index contributed by atoms with van der Waals surface area (Å²) in [5.41, 5.74) is 0.670. The van der Waals surface area contributed by atoms with E-state index in [0.29, 0.717) is 32.0 Å². The van der Waals surface area contributed by atoms with Gasteiger partial charge in [0.2, 0.25) is 5.95 Å². The van der Waals surface area contributed by atoms with Crippen LogP contribution in [0.4, 0.5) is 31.2 Å². The minimum absolute atomic E-state index is 0.221. The zero-order chi connectivity index (χ0) is 24.5. The molecule has 0 atom stereocenters. The van der Waals surface area contributed by atoms with Gasteiger partial charge in [-0.1, -0.05) is 0 Å². The van der Waals surface area contributed by atoms with Gasteiger partial charge in [-0.05, 0) is 57.5 Å². The molecule has 0 spiro atoms. The number of ether oxygens (including phenoxy) is 1. The molecule has 9 nitrogen and oxygen atoms in total. The first-order valence-corrected chi connectivity index (χ1v) is 10.9. The van der Waals surface area contributed by atoms with Crippen LogP contribution in [-0.2, 0) is 4.74 Å². The molecule has 1 aromatic carbocycles. The van der Waals surface area contributed by atoms with Gasteiger partial charge in [-0.2, -0.15) is 4.98 Å². The fourth-order valence-electron chi connectivity index (χ4n) is 3.55. The first-order chi connectivity index (χ1) is 16.1. The van der Waals surface area contributed by atoms with Crippen LogP contribution in [0.5, 0.6) is 0 Å². The Hall–Kier alpha value is -3.76. The number of anilines is 3. The monoisotopic (exact) mass is 471 g/mol. The van der Waals surface area contributed by atoms with Crippen molar-refractivity contribution in [2.24, 2.45) is 0 Å². The van der Waals surface area contributed by atoms with Gasteiger partial charge in [0.25, 0.3) is 0 Å². The maximum absolute atomic E-state index is 13.5. The second-order valence-corrected chi connectivity index (χ2v) is 9.11. The number of benzene rings is 1. The lowest BCUT2D eigenvalue weighted by molar-refractivity contribution is 0.0240. The van der Waals surface area contributed by atoms with Crippen LogP contribution in [-0.4, -0.2) is 62.5 Å². The number of amides is 1. The third kappa shape index (κ3) is 5.77. The van der Waals surface area contributed by atoms with Gasteiger partial charge in [0.05, 0.1) is 5.69 Å². The molecule has 2 aromatic heterocycles. The summed E-state index contributed by atoms with van der Waals surface area (Å²) < 4.78 is 33.8. The fraction of sp³-hybridized carbons (Fsp3) is 0.391. The molecule has 4 rings (SSSR count). The Balaban J connectivity index is 1.43. The fourth-order valence-corrected chi connectivity index (χ4v) is 3.55. The first kappa shape index (κ1) is 23.4. The van der Waals surface area contributed by atoms with Crippen LogP contribution < -0.4 is 10.2 Å². The second-order valence-electron chi connectivity index (χ2n) is 9.11. The number of carbonyl (C=O) groups excluding carboxylic acids is 1. The second kappa shape index (κ2) is 9.24. The molecule has 1 amide bonds. The predicted octanol–water partition coefficient (Wildman–Crippen LogP) is 4.05. The van der Waals surface area contributed by atoms with Crippen molar-refractivity contribution in [2.45, 2.75) is 33.3 Å². The number of nitrogens with one attached hydrogen (secondary N) is 1. The van der Waals surface area contributed by atoms with Crippen molar-refractivity contribution >= 4 is 23.7 Å². The molecule has 11 heteroatoms. The number of aromatic nitrogens is 4. The predicted molar refractivity (Wildman–Crippen MR) is 124 cm³/mol. The van der Waals surface area contributed by atoms with Gasteiger partial charge in [-0.15, -0.1) is 5.10 Å². The van der Waals surface area contributed by atoms with E-state index in [1.807, 2.05) is 39.8 Å². The van der Waals surface area contributed by atoms with Gasteiger partial charge in [-0.25, -0.2) is 23.2 Å². The summed E-state index contributed by atoms with van der Waals surface area (Å²) in [6.45, 7) is 9.80. The van der Waals surface area contributed by atoms with E-state index >= 15 is 0 Å². The maximum Gasteiger partial charge on any atom is 0.410 e. The highest BCUT2D eigenvalue weighted by molar-refractivity contribution is 5.68. The van der Waals surface area contributed by atoms with Crippen molar-refractivity contribution in [3.63, 3.8) is 0 Å². The Kier molecular flexibility index (Phi) is 6.36.